The van der Waals surface area contributed by atoms with Gasteiger partial charge in [0.1, 0.15) is 5.82 Å². The summed E-state index contributed by atoms with van der Waals surface area (Å²) in [6.07, 6.45) is 4.08. The maximum Gasteiger partial charge on any atom is 0.352 e. The van der Waals surface area contributed by atoms with Crippen molar-refractivity contribution < 1.29 is 9.18 Å². The van der Waals surface area contributed by atoms with Crippen LogP contribution in [-0.4, -0.2) is 30.7 Å². The van der Waals surface area contributed by atoms with Crippen LogP contribution in [-0.2, 0) is 13.1 Å². The molecule has 1 fully saturated rings. The molecule has 5 aromatic rings. The Labute approximate surface area is 217 Å². The van der Waals surface area contributed by atoms with Crippen LogP contribution in [0.25, 0.3) is 16.7 Å². The Balaban J connectivity index is 1.52. The van der Waals surface area contributed by atoms with E-state index in [9.17, 15) is 18.8 Å². The largest absolute Gasteiger partial charge is 0.352 e. The summed E-state index contributed by atoms with van der Waals surface area (Å²) in [5.74, 6) is -0.429. The number of carbonyl (C=O) groups is 1. The monoisotopic (exact) mass is 511 g/mol. The molecule has 1 aliphatic rings. The molecule has 1 saturated carbocycles. The highest BCUT2D eigenvalue weighted by atomic mass is 19.1. The maximum atomic E-state index is 13.7. The molecule has 6 rings (SSSR count). The fourth-order valence-corrected chi connectivity index (χ4v) is 5.17. The molecule has 192 valence electrons. The maximum absolute atomic E-state index is 13.7. The number of nitrogens with zero attached hydrogens (tertiary/aromatic N) is 4. The van der Waals surface area contributed by atoms with Crippen molar-refractivity contribution in [1.82, 2.24) is 24.1 Å². The van der Waals surface area contributed by atoms with Gasteiger partial charge in [0.15, 0.2) is 0 Å². The van der Waals surface area contributed by atoms with E-state index in [2.05, 4.69) is 10.4 Å². The number of aromatic nitrogens is 4. The molecular weight excluding hydrogens is 485 g/mol. The molecule has 1 N–H and O–H groups in total. The third-order valence-corrected chi connectivity index (χ3v) is 7.16. The van der Waals surface area contributed by atoms with Gasteiger partial charge in [0, 0.05) is 11.6 Å². The van der Waals surface area contributed by atoms with Gasteiger partial charge in [-0.1, -0.05) is 55.3 Å². The van der Waals surface area contributed by atoms with Crippen molar-refractivity contribution in [3.05, 3.63) is 116 Å². The van der Waals surface area contributed by atoms with Gasteiger partial charge in [0.2, 0.25) is 5.78 Å². The van der Waals surface area contributed by atoms with Crippen LogP contribution in [0, 0.1) is 5.82 Å². The smallest absolute Gasteiger partial charge is 0.349 e. The number of rotatable bonds is 6. The van der Waals surface area contributed by atoms with E-state index >= 15 is 0 Å². The molecule has 8 nitrogen and oxygen atoms in total. The van der Waals surface area contributed by atoms with Crippen LogP contribution in [0.15, 0.2) is 82.4 Å². The number of hydrogen-bond acceptors (Lipinski definition) is 4. The number of hydrogen-bond donors (Lipinski definition) is 1. The summed E-state index contributed by atoms with van der Waals surface area (Å²) >= 11 is 0. The second kappa shape index (κ2) is 9.74. The first-order chi connectivity index (χ1) is 18.5. The van der Waals surface area contributed by atoms with E-state index in [4.69, 9.17) is 0 Å². The van der Waals surface area contributed by atoms with E-state index in [1.807, 2.05) is 30.3 Å². The molecule has 0 bridgehead atoms. The van der Waals surface area contributed by atoms with Crippen LogP contribution < -0.4 is 16.6 Å². The van der Waals surface area contributed by atoms with Gasteiger partial charge >= 0.3 is 5.69 Å². The van der Waals surface area contributed by atoms with E-state index in [0.29, 0.717) is 22.0 Å². The van der Waals surface area contributed by atoms with Gasteiger partial charge in [-0.05, 0) is 54.3 Å². The zero-order valence-corrected chi connectivity index (χ0v) is 20.6. The lowest BCUT2D eigenvalue weighted by molar-refractivity contribution is 0.0938. The number of benzene rings is 3. The summed E-state index contributed by atoms with van der Waals surface area (Å²) in [5, 5.41) is 7.91. The van der Waals surface area contributed by atoms with Crippen molar-refractivity contribution in [3.63, 3.8) is 0 Å². The fraction of sp³-hybridized carbons (Fsp3) is 0.241. The number of carbonyl (C=O) groups excluding carboxylic acids is 1. The molecule has 0 spiro atoms. The SMILES string of the molecule is O=C(NC1CCCC1)c1ccc2c(=O)n(Cc3ccccc3)c3nn(Cc4ccc(F)cc4)c(=O)n3c2c1. The van der Waals surface area contributed by atoms with E-state index in [-0.39, 0.29) is 42.2 Å². The van der Waals surface area contributed by atoms with Gasteiger partial charge in [0.05, 0.1) is 24.0 Å². The lowest BCUT2D eigenvalue weighted by Gasteiger charge is -2.13. The number of nitrogens with one attached hydrogen (secondary N) is 1. The van der Waals surface area contributed by atoms with Crippen LogP contribution >= 0.6 is 0 Å². The van der Waals surface area contributed by atoms with Gasteiger partial charge in [-0.25, -0.2) is 18.3 Å². The van der Waals surface area contributed by atoms with E-state index in [0.717, 1.165) is 31.2 Å². The molecule has 2 aromatic heterocycles. The molecule has 38 heavy (non-hydrogen) atoms. The molecule has 1 amide bonds. The Morgan fingerprint density at radius 3 is 2.37 bits per heavy atom. The normalized spacial score (nSPS) is 13.9. The van der Waals surface area contributed by atoms with Crippen molar-refractivity contribution in [1.29, 1.82) is 0 Å². The molecule has 0 saturated heterocycles. The average Bonchev–Trinajstić information content (AvgIpc) is 3.56. The second-order valence-corrected chi connectivity index (χ2v) is 9.77. The summed E-state index contributed by atoms with van der Waals surface area (Å²) in [5.41, 5.74) is 1.51. The third kappa shape index (κ3) is 4.40. The zero-order valence-electron chi connectivity index (χ0n) is 20.6. The van der Waals surface area contributed by atoms with Crippen molar-refractivity contribution in [2.75, 3.05) is 0 Å². The van der Waals surface area contributed by atoms with Crippen LogP contribution in [0.5, 0.6) is 0 Å². The summed E-state index contributed by atoms with van der Waals surface area (Å²) in [4.78, 5) is 40.3. The van der Waals surface area contributed by atoms with Crippen molar-refractivity contribution in [2.24, 2.45) is 0 Å². The third-order valence-electron chi connectivity index (χ3n) is 7.16. The van der Waals surface area contributed by atoms with Gasteiger partial charge in [-0.15, -0.1) is 5.10 Å². The first-order valence-electron chi connectivity index (χ1n) is 12.7. The van der Waals surface area contributed by atoms with E-state index in [1.165, 1.54) is 25.8 Å². The Bertz CT molecular complexity index is 1760. The minimum Gasteiger partial charge on any atom is -0.349 e. The Kier molecular flexibility index (Phi) is 6.11. The molecule has 3 aromatic carbocycles. The number of amides is 1. The molecule has 0 aliphatic heterocycles. The quantitative estimate of drug-likeness (QED) is 0.376. The van der Waals surface area contributed by atoms with Gasteiger partial charge in [-0.2, -0.15) is 0 Å². The number of fused-ring (bicyclic) bond motifs is 3. The lowest BCUT2D eigenvalue weighted by Crippen LogP contribution is -2.33. The predicted octanol–water partition coefficient (Wildman–Crippen LogP) is 3.72. The zero-order chi connectivity index (χ0) is 26.2. The second-order valence-electron chi connectivity index (χ2n) is 9.77. The molecule has 0 radical (unpaired) electrons. The molecule has 1 aliphatic carbocycles. The highest BCUT2D eigenvalue weighted by Crippen LogP contribution is 2.20. The standard InChI is InChI=1S/C29H26FN5O3/c30-22-13-10-20(11-14-22)18-34-29(38)35-25-16-21(26(36)31-23-8-4-5-9-23)12-15-24(25)27(37)33(28(35)32-34)17-19-6-2-1-3-7-19/h1-3,6-7,10-16,23H,4-5,8-9,17-18H2,(H,31,36). The Morgan fingerprint density at radius 1 is 0.921 bits per heavy atom. The van der Waals surface area contributed by atoms with Crippen LogP contribution in [0.1, 0.15) is 47.2 Å². The van der Waals surface area contributed by atoms with Crippen LogP contribution in [0.4, 0.5) is 4.39 Å². The van der Waals surface area contributed by atoms with Gasteiger partial charge in [0.25, 0.3) is 11.5 Å². The van der Waals surface area contributed by atoms with Crippen LogP contribution in [0.2, 0.25) is 0 Å². The number of halogens is 1. The first kappa shape index (κ1) is 23.8. The Morgan fingerprint density at radius 2 is 1.63 bits per heavy atom. The molecular formula is C29H26FN5O3. The first-order valence-corrected chi connectivity index (χ1v) is 12.7. The molecule has 9 heteroatoms. The topological polar surface area (TPSA) is 90.4 Å². The summed E-state index contributed by atoms with van der Waals surface area (Å²) < 4.78 is 17.5. The molecule has 2 heterocycles. The average molecular weight is 512 g/mol. The molecule has 0 unspecified atom stereocenters. The Hall–Kier alpha value is -4.53. The van der Waals surface area contributed by atoms with Crippen molar-refractivity contribution in [3.8, 4) is 0 Å². The van der Waals surface area contributed by atoms with E-state index in [1.54, 1.807) is 30.3 Å². The highest BCUT2D eigenvalue weighted by Gasteiger charge is 2.21. The van der Waals surface area contributed by atoms with Gasteiger partial charge in [-0.3, -0.25) is 14.2 Å². The van der Waals surface area contributed by atoms with Crippen molar-refractivity contribution >= 4 is 22.6 Å². The van der Waals surface area contributed by atoms with Crippen LogP contribution in [0.3, 0.4) is 0 Å². The lowest BCUT2D eigenvalue weighted by atomic mass is 10.1. The fourth-order valence-electron chi connectivity index (χ4n) is 5.17. The summed E-state index contributed by atoms with van der Waals surface area (Å²) in [7, 11) is 0. The molecule has 0 atom stereocenters. The van der Waals surface area contributed by atoms with Crippen molar-refractivity contribution in [2.45, 2.75) is 44.8 Å². The summed E-state index contributed by atoms with van der Waals surface area (Å²) in [6, 6.07) is 20.2. The predicted molar refractivity (Wildman–Crippen MR) is 142 cm³/mol. The highest BCUT2D eigenvalue weighted by molar-refractivity contribution is 5.98. The minimum absolute atomic E-state index is 0.101. The minimum atomic E-state index is -0.454. The van der Waals surface area contributed by atoms with E-state index < -0.39 is 5.69 Å². The van der Waals surface area contributed by atoms with Gasteiger partial charge < -0.3 is 5.32 Å². The summed E-state index contributed by atoms with van der Waals surface area (Å²) in [6.45, 7) is 0.319.